The molecule has 0 amide bonds. The second kappa shape index (κ2) is 7.68. The van der Waals surface area contributed by atoms with Gasteiger partial charge in [-0.25, -0.2) is 0 Å². The second-order valence-electron chi connectivity index (χ2n) is 10.7. The average molecular weight is 439 g/mol. The normalized spacial score (nSPS) is 36.6. The Morgan fingerprint density at radius 2 is 1.97 bits per heavy atom. The van der Waals surface area contributed by atoms with Gasteiger partial charge in [0.15, 0.2) is 11.5 Å². The van der Waals surface area contributed by atoms with Crippen molar-refractivity contribution >= 4 is 11.7 Å². The lowest BCUT2D eigenvalue weighted by Gasteiger charge is -2.50. The molecular weight excluding hydrogens is 404 g/mol. The van der Waals surface area contributed by atoms with E-state index in [9.17, 15) is 4.79 Å². The molecule has 0 radical (unpaired) electrons. The minimum atomic E-state index is 0.0105. The number of piperazine rings is 1. The third kappa shape index (κ3) is 3.38. The quantitative estimate of drug-likeness (QED) is 0.528. The summed E-state index contributed by atoms with van der Waals surface area (Å²) in [5.41, 5.74) is 2.85. The Hall–Kier alpha value is -2.21. The van der Waals surface area contributed by atoms with Crippen LogP contribution in [0.1, 0.15) is 39.0 Å². The summed E-state index contributed by atoms with van der Waals surface area (Å²) in [5, 5.41) is 0. The van der Waals surface area contributed by atoms with E-state index < -0.39 is 0 Å². The van der Waals surface area contributed by atoms with Gasteiger partial charge in [-0.15, -0.1) is 0 Å². The number of nitrogens with zero attached hydrogens (tertiary/aromatic N) is 2. The van der Waals surface area contributed by atoms with Crippen LogP contribution in [0.4, 0.5) is 5.69 Å². The summed E-state index contributed by atoms with van der Waals surface area (Å²) in [6.45, 7) is 11.8. The molecule has 0 N–H and O–H groups in total. The Labute approximate surface area is 190 Å². The van der Waals surface area contributed by atoms with Crippen LogP contribution in [-0.2, 0) is 9.53 Å². The number of esters is 1. The number of rotatable bonds is 3. The summed E-state index contributed by atoms with van der Waals surface area (Å²) >= 11 is 0. The molecular formula is C26H34N2O4. The van der Waals surface area contributed by atoms with Gasteiger partial charge in [-0.05, 0) is 55.6 Å². The minimum Gasteiger partial charge on any atom is -0.462 e. The number of carbonyl (C=O) groups is 1. The first-order valence-electron chi connectivity index (χ1n) is 12.3. The molecule has 5 atom stereocenters. The van der Waals surface area contributed by atoms with E-state index >= 15 is 0 Å². The molecule has 0 aromatic heterocycles. The number of anilines is 1. The first-order valence-corrected chi connectivity index (χ1v) is 12.3. The minimum absolute atomic E-state index is 0.0105. The monoisotopic (exact) mass is 438 g/mol. The number of benzene rings is 1. The Bertz CT molecular complexity index is 924. The Morgan fingerprint density at radius 1 is 1.16 bits per heavy atom. The van der Waals surface area contributed by atoms with Crippen LogP contribution < -0.4 is 14.4 Å². The lowest BCUT2D eigenvalue weighted by atomic mass is 9.55. The van der Waals surface area contributed by atoms with Gasteiger partial charge in [0.25, 0.3) is 0 Å². The van der Waals surface area contributed by atoms with Gasteiger partial charge >= 0.3 is 5.97 Å². The highest BCUT2D eigenvalue weighted by Gasteiger charge is 2.55. The van der Waals surface area contributed by atoms with Crippen molar-refractivity contribution in [3.63, 3.8) is 0 Å². The molecule has 0 unspecified atom stereocenters. The number of ether oxygens (including phenoxy) is 3. The summed E-state index contributed by atoms with van der Waals surface area (Å²) in [4.78, 5) is 17.7. The Kier molecular flexibility index (Phi) is 4.90. The fourth-order valence-corrected chi connectivity index (χ4v) is 7.01. The van der Waals surface area contributed by atoms with Gasteiger partial charge in [0, 0.05) is 50.4 Å². The molecule has 0 bridgehead atoms. The molecule has 3 aliphatic heterocycles. The smallest absolute Gasteiger partial charge is 0.310 e. The van der Waals surface area contributed by atoms with Crippen molar-refractivity contribution in [2.75, 3.05) is 44.4 Å². The first-order chi connectivity index (χ1) is 15.5. The van der Waals surface area contributed by atoms with Crippen LogP contribution in [0.5, 0.6) is 11.5 Å². The Balaban J connectivity index is 1.09. The van der Waals surface area contributed by atoms with E-state index in [-0.39, 0.29) is 23.4 Å². The molecule has 2 saturated heterocycles. The fourth-order valence-electron chi connectivity index (χ4n) is 7.01. The van der Waals surface area contributed by atoms with E-state index in [1.165, 1.54) is 24.1 Å². The predicted octanol–water partition coefficient (Wildman–Crippen LogP) is 3.85. The number of fused-ring (bicyclic) bond motifs is 3. The molecule has 6 heteroatoms. The molecule has 6 rings (SSSR count). The van der Waals surface area contributed by atoms with Gasteiger partial charge in [-0.3, -0.25) is 9.69 Å². The first kappa shape index (κ1) is 20.4. The molecule has 32 heavy (non-hydrogen) atoms. The van der Waals surface area contributed by atoms with Crippen LogP contribution in [0.3, 0.4) is 0 Å². The van der Waals surface area contributed by atoms with Gasteiger partial charge in [-0.1, -0.05) is 19.1 Å². The van der Waals surface area contributed by atoms with Crippen molar-refractivity contribution < 1.29 is 19.0 Å². The molecule has 6 nitrogen and oxygen atoms in total. The molecule has 4 fully saturated rings. The number of carbonyl (C=O) groups excluding carboxylic acids is 1. The van der Waals surface area contributed by atoms with Crippen LogP contribution >= 0.6 is 0 Å². The zero-order valence-electron chi connectivity index (χ0n) is 19.1. The van der Waals surface area contributed by atoms with Gasteiger partial charge < -0.3 is 19.1 Å². The SMILES string of the molecule is C=C1CCC[C@]2(C)C[C@H]3OC(=O)[C@@H](CN4CCN(c5ccc6c(c5)OCO6)CC4)[C@H]3C[C@@H]12. The van der Waals surface area contributed by atoms with E-state index in [1.54, 1.807) is 0 Å². The zero-order chi connectivity index (χ0) is 21.9. The maximum atomic E-state index is 12.9. The molecule has 0 spiro atoms. The van der Waals surface area contributed by atoms with Gasteiger partial charge in [0.05, 0.1) is 5.92 Å². The van der Waals surface area contributed by atoms with Crippen molar-refractivity contribution in [1.29, 1.82) is 0 Å². The predicted molar refractivity (Wildman–Crippen MR) is 122 cm³/mol. The van der Waals surface area contributed by atoms with Crippen LogP contribution in [0, 0.1) is 23.2 Å². The summed E-state index contributed by atoms with van der Waals surface area (Å²) < 4.78 is 16.9. The second-order valence-corrected chi connectivity index (χ2v) is 10.7. The van der Waals surface area contributed by atoms with Crippen LogP contribution in [0.15, 0.2) is 30.4 Å². The molecule has 2 aliphatic carbocycles. The number of allylic oxidation sites excluding steroid dienone is 1. The molecule has 5 aliphatic rings. The maximum absolute atomic E-state index is 12.9. The van der Waals surface area contributed by atoms with Crippen LogP contribution in [0.25, 0.3) is 0 Å². The van der Waals surface area contributed by atoms with E-state index in [0.717, 1.165) is 63.5 Å². The van der Waals surface area contributed by atoms with Gasteiger partial charge in [0.2, 0.25) is 6.79 Å². The van der Waals surface area contributed by atoms with Crippen molar-refractivity contribution in [1.82, 2.24) is 4.90 Å². The van der Waals surface area contributed by atoms with Crippen molar-refractivity contribution in [2.45, 2.75) is 45.1 Å². The summed E-state index contributed by atoms with van der Waals surface area (Å²) in [6, 6.07) is 6.18. The topological polar surface area (TPSA) is 51.2 Å². The third-order valence-corrected chi connectivity index (χ3v) is 8.87. The van der Waals surface area contributed by atoms with Crippen molar-refractivity contribution in [3.8, 4) is 11.5 Å². The number of hydrogen-bond acceptors (Lipinski definition) is 6. The van der Waals surface area contributed by atoms with E-state index in [2.05, 4.69) is 35.4 Å². The van der Waals surface area contributed by atoms with Crippen molar-refractivity contribution in [2.24, 2.45) is 23.2 Å². The lowest BCUT2D eigenvalue weighted by Crippen LogP contribution is -2.50. The highest BCUT2D eigenvalue weighted by molar-refractivity contribution is 5.75. The summed E-state index contributed by atoms with van der Waals surface area (Å²) in [5.74, 6) is 2.60. The van der Waals surface area contributed by atoms with Gasteiger partial charge in [0.1, 0.15) is 6.10 Å². The van der Waals surface area contributed by atoms with E-state index in [1.807, 2.05) is 6.07 Å². The summed E-state index contributed by atoms with van der Waals surface area (Å²) in [7, 11) is 0. The molecule has 172 valence electrons. The largest absolute Gasteiger partial charge is 0.462 e. The standard InChI is InChI=1S/C26H34N2O4/c1-17-4-3-7-26(2)14-24-19(13-21(17)26)20(25(29)32-24)15-27-8-10-28(11-9-27)18-5-6-22-23(12-18)31-16-30-22/h5-6,12,19-21,24H,1,3-4,7-11,13-16H2,2H3/t19-,20+,21+,24-,26-/m1/s1. The number of hydrogen-bond donors (Lipinski definition) is 0. The summed E-state index contributed by atoms with van der Waals surface area (Å²) in [6.07, 6.45) is 5.82. The zero-order valence-corrected chi connectivity index (χ0v) is 19.1. The third-order valence-electron chi connectivity index (χ3n) is 8.87. The van der Waals surface area contributed by atoms with Crippen molar-refractivity contribution in [3.05, 3.63) is 30.4 Å². The van der Waals surface area contributed by atoms with E-state index in [4.69, 9.17) is 14.2 Å². The fraction of sp³-hybridized carbons (Fsp3) is 0.654. The van der Waals surface area contributed by atoms with Crippen LogP contribution in [-0.4, -0.2) is 56.5 Å². The highest BCUT2D eigenvalue weighted by atomic mass is 16.7. The lowest BCUT2D eigenvalue weighted by molar-refractivity contribution is -0.146. The maximum Gasteiger partial charge on any atom is 0.310 e. The molecule has 1 aromatic carbocycles. The van der Waals surface area contributed by atoms with Crippen LogP contribution in [0.2, 0.25) is 0 Å². The highest BCUT2D eigenvalue weighted by Crippen LogP contribution is 2.57. The van der Waals surface area contributed by atoms with E-state index in [0.29, 0.717) is 18.6 Å². The Morgan fingerprint density at radius 3 is 2.81 bits per heavy atom. The molecule has 3 heterocycles. The molecule has 1 aromatic rings. The average Bonchev–Trinajstić information content (AvgIpc) is 3.36. The molecule has 2 saturated carbocycles. The van der Waals surface area contributed by atoms with Gasteiger partial charge in [-0.2, -0.15) is 0 Å².